The van der Waals surface area contributed by atoms with Crippen LogP contribution in [-0.2, 0) is 4.74 Å². The van der Waals surface area contributed by atoms with E-state index < -0.39 is 0 Å². The van der Waals surface area contributed by atoms with E-state index in [0.717, 1.165) is 28.0 Å². The molecule has 0 aliphatic rings. The molecule has 0 bridgehead atoms. The highest BCUT2D eigenvalue weighted by molar-refractivity contribution is 6.00. The first-order chi connectivity index (χ1) is 10.7. The van der Waals surface area contributed by atoms with Crippen LogP contribution in [0, 0.1) is 0 Å². The van der Waals surface area contributed by atoms with Gasteiger partial charge in [-0.3, -0.25) is 0 Å². The van der Waals surface area contributed by atoms with Gasteiger partial charge in [0.15, 0.2) is 0 Å². The Hall–Kier alpha value is -2.95. The standard InChI is InChI=1S/C17H16N2O3/c1-21-13-5-3-4-12(9-13)19-16-10-18-15-7-6-11(8-14(15)16)17(20)22-2/h3-10,18-19H,1-2H3. The molecular weight excluding hydrogens is 280 g/mol. The molecule has 112 valence electrons. The highest BCUT2D eigenvalue weighted by atomic mass is 16.5. The summed E-state index contributed by atoms with van der Waals surface area (Å²) in [4.78, 5) is 14.8. The van der Waals surface area contributed by atoms with Crippen molar-refractivity contribution in [1.82, 2.24) is 4.98 Å². The van der Waals surface area contributed by atoms with Crippen molar-refractivity contribution in [3.63, 3.8) is 0 Å². The van der Waals surface area contributed by atoms with E-state index in [1.54, 1.807) is 19.2 Å². The lowest BCUT2D eigenvalue weighted by atomic mass is 10.1. The summed E-state index contributed by atoms with van der Waals surface area (Å²) in [5.41, 5.74) is 3.25. The Morgan fingerprint density at radius 1 is 1.14 bits per heavy atom. The molecule has 0 spiro atoms. The van der Waals surface area contributed by atoms with E-state index in [0.29, 0.717) is 5.56 Å². The monoisotopic (exact) mass is 296 g/mol. The number of hydrogen-bond acceptors (Lipinski definition) is 4. The fraction of sp³-hybridized carbons (Fsp3) is 0.118. The molecule has 0 atom stereocenters. The van der Waals surface area contributed by atoms with Crippen molar-refractivity contribution >= 4 is 28.2 Å². The first-order valence-electron chi connectivity index (χ1n) is 6.82. The third-order valence-electron chi connectivity index (χ3n) is 3.45. The summed E-state index contributed by atoms with van der Waals surface area (Å²) in [6.45, 7) is 0. The first-order valence-corrected chi connectivity index (χ1v) is 6.82. The van der Waals surface area contributed by atoms with Crippen molar-refractivity contribution in [2.75, 3.05) is 19.5 Å². The molecule has 0 unspecified atom stereocenters. The zero-order chi connectivity index (χ0) is 15.5. The summed E-state index contributed by atoms with van der Waals surface area (Å²) >= 11 is 0. The Labute approximate surface area is 127 Å². The average Bonchev–Trinajstić information content (AvgIpc) is 2.96. The Balaban J connectivity index is 1.97. The van der Waals surface area contributed by atoms with Crippen LogP contribution in [0.4, 0.5) is 11.4 Å². The number of rotatable bonds is 4. The number of benzene rings is 2. The van der Waals surface area contributed by atoms with E-state index in [1.165, 1.54) is 7.11 Å². The molecule has 22 heavy (non-hydrogen) atoms. The second-order valence-electron chi connectivity index (χ2n) is 4.81. The number of fused-ring (bicyclic) bond motifs is 1. The van der Waals surface area contributed by atoms with Crippen molar-refractivity contribution in [3.8, 4) is 5.75 Å². The molecule has 1 aromatic heterocycles. The second kappa shape index (κ2) is 5.81. The third-order valence-corrected chi connectivity index (χ3v) is 3.45. The van der Waals surface area contributed by atoms with E-state index in [4.69, 9.17) is 9.47 Å². The maximum Gasteiger partial charge on any atom is 0.337 e. The van der Waals surface area contributed by atoms with Crippen LogP contribution in [0.2, 0.25) is 0 Å². The average molecular weight is 296 g/mol. The molecule has 0 saturated heterocycles. The molecule has 0 radical (unpaired) electrons. The van der Waals surface area contributed by atoms with E-state index in [-0.39, 0.29) is 5.97 Å². The Bertz CT molecular complexity index is 824. The number of carbonyl (C=O) groups is 1. The highest BCUT2D eigenvalue weighted by Gasteiger charge is 2.10. The van der Waals surface area contributed by atoms with Crippen molar-refractivity contribution in [2.24, 2.45) is 0 Å². The highest BCUT2D eigenvalue weighted by Crippen LogP contribution is 2.28. The zero-order valence-corrected chi connectivity index (χ0v) is 12.3. The fourth-order valence-corrected chi connectivity index (χ4v) is 2.33. The minimum absolute atomic E-state index is 0.351. The van der Waals surface area contributed by atoms with Crippen molar-refractivity contribution in [3.05, 3.63) is 54.2 Å². The van der Waals surface area contributed by atoms with Crippen LogP contribution < -0.4 is 10.1 Å². The Morgan fingerprint density at radius 3 is 2.77 bits per heavy atom. The molecule has 3 rings (SSSR count). The van der Waals surface area contributed by atoms with Crippen LogP contribution in [-0.4, -0.2) is 25.2 Å². The number of anilines is 2. The van der Waals surface area contributed by atoms with Gasteiger partial charge in [-0.05, 0) is 30.3 Å². The Kier molecular flexibility index (Phi) is 3.70. The van der Waals surface area contributed by atoms with E-state index >= 15 is 0 Å². The van der Waals surface area contributed by atoms with Gasteiger partial charge in [0.25, 0.3) is 0 Å². The predicted octanol–water partition coefficient (Wildman–Crippen LogP) is 3.71. The predicted molar refractivity (Wildman–Crippen MR) is 85.9 cm³/mol. The third kappa shape index (κ3) is 2.61. The number of ether oxygens (including phenoxy) is 2. The Morgan fingerprint density at radius 2 is 2.00 bits per heavy atom. The minimum Gasteiger partial charge on any atom is -0.497 e. The molecule has 2 aromatic carbocycles. The number of esters is 1. The topological polar surface area (TPSA) is 63.4 Å². The number of hydrogen-bond donors (Lipinski definition) is 2. The van der Waals surface area contributed by atoms with Gasteiger partial charge in [-0.1, -0.05) is 6.07 Å². The lowest BCUT2D eigenvalue weighted by Gasteiger charge is -2.07. The smallest absolute Gasteiger partial charge is 0.337 e. The number of aromatic amines is 1. The fourth-order valence-electron chi connectivity index (χ4n) is 2.33. The van der Waals surface area contributed by atoms with Crippen LogP contribution in [0.3, 0.4) is 0 Å². The van der Waals surface area contributed by atoms with Gasteiger partial charge >= 0.3 is 5.97 Å². The quantitative estimate of drug-likeness (QED) is 0.720. The van der Waals surface area contributed by atoms with Gasteiger partial charge < -0.3 is 19.8 Å². The summed E-state index contributed by atoms with van der Waals surface area (Å²) in [7, 11) is 3.01. The molecule has 1 heterocycles. The normalized spacial score (nSPS) is 10.5. The number of methoxy groups -OCH3 is 2. The summed E-state index contributed by atoms with van der Waals surface area (Å²) < 4.78 is 9.98. The lowest BCUT2D eigenvalue weighted by molar-refractivity contribution is 0.0601. The number of H-pyrrole nitrogens is 1. The molecule has 3 aromatic rings. The van der Waals surface area contributed by atoms with Gasteiger partial charge in [0.05, 0.1) is 25.5 Å². The summed E-state index contributed by atoms with van der Waals surface area (Å²) in [5.74, 6) is 0.426. The van der Waals surface area contributed by atoms with Gasteiger partial charge in [-0.15, -0.1) is 0 Å². The number of nitrogens with one attached hydrogen (secondary N) is 2. The largest absolute Gasteiger partial charge is 0.497 e. The maximum atomic E-state index is 11.7. The van der Waals surface area contributed by atoms with Crippen LogP contribution in [0.15, 0.2) is 48.7 Å². The molecule has 0 fully saturated rings. The molecule has 0 saturated carbocycles. The van der Waals surface area contributed by atoms with Gasteiger partial charge in [-0.25, -0.2) is 4.79 Å². The van der Waals surface area contributed by atoms with Crippen molar-refractivity contribution in [1.29, 1.82) is 0 Å². The van der Waals surface area contributed by atoms with Crippen LogP contribution in [0.1, 0.15) is 10.4 Å². The SMILES string of the molecule is COC(=O)c1ccc2[nH]cc(Nc3cccc(OC)c3)c2c1. The maximum absolute atomic E-state index is 11.7. The molecule has 2 N–H and O–H groups in total. The molecular formula is C17H16N2O3. The molecule has 5 heteroatoms. The molecule has 0 amide bonds. The van der Waals surface area contributed by atoms with E-state index in [1.807, 2.05) is 36.5 Å². The molecule has 0 aliphatic heterocycles. The van der Waals surface area contributed by atoms with Gasteiger partial charge in [-0.2, -0.15) is 0 Å². The zero-order valence-electron chi connectivity index (χ0n) is 12.3. The lowest BCUT2D eigenvalue weighted by Crippen LogP contribution is -2.00. The van der Waals surface area contributed by atoms with Gasteiger partial charge in [0.2, 0.25) is 0 Å². The second-order valence-corrected chi connectivity index (χ2v) is 4.81. The summed E-state index contributed by atoms with van der Waals surface area (Å²) in [5, 5.41) is 4.24. The van der Waals surface area contributed by atoms with Gasteiger partial charge in [0.1, 0.15) is 5.75 Å². The van der Waals surface area contributed by atoms with Crippen molar-refractivity contribution in [2.45, 2.75) is 0 Å². The first kappa shape index (κ1) is 14.0. The molecule has 5 nitrogen and oxygen atoms in total. The van der Waals surface area contributed by atoms with Crippen molar-refractivity contribution < 1.29 is 14.3 Å². The summed E-state index contributed by atoms with van der Waals surface area (Å²) in [6.07, 6.45) is 1.87. The van der Waals surface area contributed by atoms with E-state index in [9.17, 15) is 4.79 Å². The van der Waals surface area contributed by atoms with Crippen LogP contribution in [0.25, 0.3) is 10.9 Å². The number of carbonyl (C=O) groups excluding carboxylic acids is 1. The van der Waals surface area contributed by atoms with E-state index in [2.05, 4.69) is 10.3 Å². The van der Waals surface area contributed by atoms with Crippen LogP contribution in [0.5, 0.6) is 5.75 Å². The summed E-state index contributed by atoms with van der Waals surface area (Å²) in [6, 6.07) is 13.1. The van der Waals surface area contributed by atoms with Crippen LogP contribution >= 0.6 is 0 Å². The number of aromatic nitrogens is 1. The molecule has 0 aliphatic carbocycles. The minimum atomic E-state index is -0.351. The van der Waals surface area contributed by atoms with Gasteiger partial charge in [0, 0.05) is 28.9 Å².